The van der Waals surface area contributed by atoms with E-state index in [-0.39, 0.29) is 31.6 Å². The van der Waals surface area contributed by atoms with Gasteiger partial charge in [-0.15, -0.1) is 0 Å². The van der Waals surface area contributed by atoms with Gasteiger partial charge in [0.25, 0.3) is 11.9 Å². The zero-order valence-electron chi connectivity index (χ0n) is 30.3. The fourth-order valence-corrected chi connectivity index (χ4v) is 10.9. The molecule has 0 radical (unpaired) electrons. The normalized spacial score (nSPS) is 11.7. The molecule has 2 atom stereocenters. The third kappa shape index (κ3) is 12.9. The van der Waals surface area contributed by atoms with Gasteiger partial charge in [0.1, 0.15) is 0 Å². The first-order valence-electron chi connectivity index (χ1n) is 16.9. The minimum absolute atomic E-state index is 0. The van der Waals surface area contributed by atoms with Crippen molar-refractivity contribution in [3.05, 3.63) is 193 Å². The van der Waals surface area contributed by atoms with Crippen LogP contribution in [0.25, 0.3) is 0 Å². The van der Waals surface area contributed by atoms with Crippen LogP contribution in [-0.2, 0) is 29.1 Å². The molecule has 0 heterocycles. The zero-order valence-corrected chi connectivity index (χ0v) is 33.9. The second-order valence-corrected chi connectivity index (χ2v) is 16.4. The molecule has 0 bridgehead atoms. The number of rotatable bonds is 11. The first-order valence-corrected chi connectivity index (χ1v) is 19.5. The molecule has 0 spiro atoms. The predicted molar refractivity (Wildman–Crippen MR) is 219 cm³/mol. The standard InChI is InChI=1S/C40H38N2P2.2C2H4O2.Ru/c1-41(43(35-25-13-5-14-26-35)36-27-15-6-16-28-36)39(33-21-9-3-10-22-33)40(34-23-11-4-12-24-34)42(2)44(37-29-17-7-18-30-37)38-31-19-8-20-32-38;2*1-2(3)4;/h3-32,39-40H,1-2H3;2*1H3,(H,3,4);/t39-,40-;;;/m0.../s1. The summed E-state index contributed by atoms with van der Waals surface area (Å²) in [5, 5.41) is 20.2. The first kappa shape index (κ1) is 43.1. The molecule has 0 unspecified atom stereocenters. The number of nitrogens with zero attached hydrogens (tertiary/aromatic N) is 2. The monoisotopic (exact) mass is 830 g/mol. The number of benzene rings is 6. The number of likely N-dealkylation sites (N-methyl/N-ethyl adjacent to an activating group) is 2. The molecule has 0 amide bonds. The van der Waals surface area contributed by atoms with Crippen molar-refractivity contribution < 1.29 is 39.3 Å². The Hall–Kier alpha value is -4.34. The quantitative estimate of drug-likeness (QED) is 0.101. The third-order valence-corrected chi connectivity index (χ3v) is 12.9. The summed E-state index contributed by atoms with van der Waals surface area (Å²) in [6.07, 6.45) is 0. The van der Waals surface area contributed by atoms with Crippen molar-refractivity contribution in [1.29, 1.82) is 0 Å². The van der Waals surface area contributed by atoms with E-state index in [1.54, 1.807) is 0 Å². The fraction of sp³-hybridized carbons (Fsp3) is 0.136. The van der Waals surface area contributed by atoms with E-state index in [1.165, 1.54) is 32.3 Å². The average molecular weight is 830 g/mol. The molecule has 53 heavy (non-hydrogen) atoms. The molecule has 0 aliphatic heterocycles. The molecule has 0 aliphatic rings. The van der Waals surface area contributed by atoms with Crippen LogP contribution in [0.5, 0.6) is 0 Å². The number of carbonyl (C=O) groups is 2. The van der Waals surface area contributed by atoms with E-state index in [1.807, 2.05) is 0 Å². The molecule has 0 aliphatic carbocycles. The van der Waals surface area contributed by atoms with Crippen LogP contribution >= 0.6 is 16.1 Å². The molecule has 6 nitrogen and oxygen atoms in total. The van der Waals surface area contributed by atoms with E-state index >= 15 is 0 Å². The van der Waals surface area contributed by atoms with Crippen LogP contribution in [0, 0.1) is 0 Å². The molecule has 0 saturated heterocycles. The van der Waals surface area contributed by atoms with Gasteiger partial charge in [0.15, 0.2) is 0 Å². The minimum Gasteiger partial charge on any atom is -0.481 e. The van der Waals surface area contributed by atoms with Gasteiger partial charge in [0, 0.05) is 49.5 Å². The van der Waals surface area contributed by atoms with E-state index in [0.717, 1.165) is 13.8 Å². The van der Waals surface area contributed by atoms with E-state index in [9.17, 15) is 0 Å². The summed E-state index contributed by atoms with van der Waals surface area (Å²) in [6, 6.07) is 66.5. The molecule has 6 aromatic carbocycles. The number of aliphatic carboxylic acids is 2. The number of carboxylic acids is 2. The first-order chi connectivity index (χ1) is 25.2. The maximum atomic E-state index is 9.00. The molecule has 0 fully saturated rings. The Bertz CT molecular complexity index is 1680. The maximum absolute atomic E-state index is 9.00. The van der Waals surface area contributed by atoms with Crippen LogP contribution < -0.4 is 21.2 Å². The van der Waals surface area contributed by atoms with Crippen molar-refractivity contribution in [2.75, 3.05) is 14.1 Å². The van der Waals surface area contributed by atoms with E-state index < -0.39 is 28.1 Å². The Balaban J connectivity index is 0.000000765. The summed E-state index contributed by atoms with van der Waals surface area (Å²) < 4.78 is 5.32. The second kappa shape index (κ2) is 22.7. The van der Waals surface area contributed by atoms with Crippen LogP contribution in [0.15, 0.2) is 182 Å². The van der Waals surface area contributed by atoms with Crippen LogP contribution in [-0.4, -0.2) is 45.6 Å². The SMILES string of the molecule is CC(=O)O.CC(=O)O.CN([C@@H](c1ccccc1)[C@H](c1ccccc1)N(C)P(c1ccccc1)c1ccccc1)P(c1ccccc1)c1ccccc1.[Ru]. The summed E-state index contributed by atoms with van der Waals surface area (Å²) in [5.74, 6) is -1.67. The van der Waals surface area contributed by atoms with Gasteiger partial charge in [-0.05, 0) is 46.4 Å². The van der Waals surface area contributed by atoms with Crippen LogP contribution in [0.1, 0.15) is 37.1 Å². The second-order valence-electron chi connectivity index (χ2n) is 11.9. The minimum atomic E-state index is -0.837. The zero-order chi connectivity index (χ0) is 37.3. The van der Waals surface area contributed by atoms with E-state index in [4.69, 9.17) is 19.8 Å². The van der Waals surface area contributed by atoms with Crippen molar-refractivity contribution in [1.82, 2.24) is 9.34 Å². The molecule has 2 N–H and O–H groups in total. The topological polar surface area (TPSA) is 81.1 Å². The third-order valence-electron chi connectivity index (χ3n) is 8.02. The molecule has 6 rings (SSSR count). The summed E-state index contributed by atoms with van der Waals surface area (Å²) >= 11 is 0. The van der Waals surface area contributed by atoms with Crippen molar-refractivity contribution in [3.8, 4) is 0 Å². The Morgan fingerprint density at radius 1 is 0.415 bits per heavy atom. The Labute approximate surface area is 329 Å². The fourth-order valence-electron chi connectivity index (χ4n) is 6.06. The molecule has 0 saturated carbocycles. The van der Waals surface area contributed by atoms with Gasteiger partial charge in [-0.25, -0.2) is 0 Å². The van der Waals surface area contributed by atoms with Gasteiger partial charge < -0.3 is 10.2 Å². The smallest absolute Gasteiger partial charge is 0.300 e. The Kier molecular flexibility index (Phi) is 18.4. The number of carboxylic acid groups (broad SMARTS) is 2. The molecule has 274 valence electrons. The average Bonchev–Trinajstić information content (AvgIpc) is 3.16. The number of hydrogen-bond donors (Lipinski definition) is 2. The van der Waals surface area contributed by atoms with E-state index in [2.05, 4.69) is 205 Å². The Morgan fingerprint density at radius 2 is 0.585 bits per heavy atom. The van der Waals surface area contributed by atoms with Crippen LogP contribution in [0.3, 0.4) is 0 Å². The van der Waals surface area contributed by atoms with Crippen molar-refractivity contribution in [2.45, 2.75) is 25.9 Å². The summed E-state index contributed by atoms with van der Waals surface area (Å²) in [6.45, 7) is 2.17. The summed E-state index contributed by atoms with van der Waals surface area (Å²) in [5.41, 5.74) is 2.62. The van der Waals surface area contributed by atoms with Gasteiger partial charge in [-0.2, -0.15) is 0 Å². The predicted octanol–water partition coefficient (Wildman–Crippen LogP) is 8.61. The molecule has 6 aromatic rings. The molecular formula is C44H46N2O4P2Ru. The van der Waals surface area contributed by atoms with Crippen molar-refractivity contribution >= 4 is 49.3 Å². The van der Waals surface area contributed by atoms with Gasteiger partial charge in [-0.3, -0.25) is 18.9 Å². The number of hydrogen-bond acceptors (Lipinski definition) is 4. The summed E-state index contributed by atoms with van der Waals surface area (Å²) in [7, 11) is 2.99. The Morgan fingerprint density at radius 3 is 0.774 bits per heavy atom. The van der Waals surface area contributed by atoms with Gasteiger partial charge in [0.2, 0.25) is 0 Å². The molecule has 0 aromatic heterocycles. The maximum Gasteiger partial charge on any atom is 0.300 e. The van der Waals surface area contributed by atoms with Crippen molar-refractivity contribution in [3.63, 3.8) is 0 Å². The van der Waals surface area contributed by atoms with E-state index in [0.29, 0.717) is 0 Å². The van der Waals surface area contributed by atoms with Crippen LogP contribution in [0.2, 0.25) is 0 Å². The largest absolute Gasteiger partial charge is 0.481 e. The molecule has 9 heteroatoms. The molecular weight excluding hydrogens is 784 g/mol. The van der Waals surface area contributed by atoms with Crippen molar-refractivity contribution in [2.24, 2.45) is 0 Å². The summed E-state index contributed by atoms with van der Waals surface area (Å²) in [4.78, 5) is 18.0. The van der Waals surface area contributed by atoms with Gasteiger partial charge in [-0.1, -0.05) is 182 Å². The van der Waals surface area contributed by atoms with Gasteiger partial charge >= 0.3 is 0 Å². The van der Waals surface area contributed by atoms with Gasteiger partial charge in [0.05, 0.1) is 12.1 Å². The van der Waals surface area contributed by atoms with Crippen LogP contribution in [0.4, 0.5) is 0 Å².